The maximum atomic E-state index is 11.6. The lowest BCUT2D eigenvalue weighted by molar-refractivity contribution is -0.134. The molecule has 0 spiro atoms. The van der Waals surface area contributed by atoms with Gasteiger partial charge in [0.15, 0.2) is 0 Å². The highest BCUT2D eigenvalue weighted by Crippen LogP contribution is 2.11. The van der Waals surface area contributed by atoms with E-state index in [0.717, 1.165) is 5.56 Å². The molecule has 0 fully saturated rings. The molecule has 6 heteroatoms. The van der Waals surface area contributed by atoms with Crippen molar-refractivity contribution < 1.29 is 19.1 Å². The number of nitrogens with zero attached hydrogens (tertiary/aromatic N) is 1. The van der Waals surface area contributed by atoms with Gasteiger partial charge in [0.05, 0.1) is 20.4 Å². The molecule has 0 aliphatic carbocycles. The second-order valence-electron chi connectivity index (χ2n) is 3.96. The smallest absolute Gasteiger partial charge is 0.330 e. The van der Waals surface area contributed by atoms with Crippen LogP contribution < -0.4 is 10.1 Å². The number of carbonyl (C=O) groups excluding carboxylic acids is 2. The monoisotopic (exact) mass is 278 g/mol. The molecule has 0 aliphatic heterocycles. The van der Waals surface area contributed by atoms with E-state index >= 15 is 0 Å². The normalized spacial score (nSPS) is 10.3. The number of carbonyl (C=O) groups is 2. The number of hydrogen-bond donors (Lipinski definition) is 1. The molecule has 108 valence electrons. The van der Waals surface area contributed by atoms with E-state index in [1.807, 2.05) is 6.07 Å². The second kappa shape index (κ2) is 8.68. The fraction of sp³-hybridized carbons (Fsp3) is 0.357. The van der Waals surface area contributed by atoms with Crippen LogP contribution in [0.15, 0.2) is 30.6 Å². The summed E-state index contributed by atoms with van der Waals surface area (Å²) >= 11 is 0. The summed E-state index contributed by atoms with van der Waals surface area (Å²) in [4.78, 5) is 26.4. The number of hydrogen-bond acceptors (Lipinski definition) is 5. The number of aromatic nitrogens is 1. The number of rotatable bonds is 7. The third-order valence-corrected chi connectivity index (χ3v) is 2.52. The maximum Gasteiger partial charge on any atom is 0.330 e. The van der Waals surface area contributed by atoms with Crippen LogP contribution in [0.5, 0.6) is 5.75 Å². The summed E-state index contributed by atoms with van der Waals surface area (Å²) in [6, 6.07) is 1.84. The topological polar surface area (TPSA) is 77.5 Å². The van der Waals surface area contributed by atoms with Gasteiger partial charge in [-0.25, -0.2) is 4.79 Å². The third-order valence-electron chi connectivity index (χ3n) is 2.52. The molecule has 0 aromatic carbocycles. The molecular weight excluding hydrogens is 260 g/mol. The van der Waals surface area contributed by atoms with Crippen molar-refractivity contribution in [3.05, 3.63) is 36.2 Å². The average Bonchev–Trinajstić information content (AvgIpc) is 2.49. The molecule has 1 aromatic rings. The quantitative estimate of drug-likeness (QED) is 0.591. The zero-order valence-corrected chi connectivity index (χ0v) is 11.6. The zero-order valence-electron chi connectivity index (χ0n) is 11.6. The predicted octanol–water partition coefficient (Wildman–Crippen LogP) is 0.868. The van der Waals surface area contributed by atoms with Crippen molar-refractivity contribution in [2.45, 2.75) is 12.8 Å². The van der Waals surface area contributed by atoms with Gasteiger partial charge in [-0.05, 0) is 18.1 Å². The van der Waals surface area contributed by atoms with Crippen molar-refractivity contribution in [2.75, 3.05) is 20.8 Å². The van der Waals surface area contributed by atoms with Gasteiger partial charge in [0, 0.05) is 25.2 Å². The van der Waals surface area contributed by atoms with E-state index < -0.39 is 5.97 Å². The van der Waals surface area contributed by atoms with E-state index in [1.165, 1.54) is 19.3 Å². The Labute approximate surface area is 117 Å². The van der Waals surface area contributed by atoms with Crippen LogP contribution in [-0.4, -0.2) is 37.6 Å². The fourth-order valence-corrected chi connectivity index (χ4v) is 1.45. The third kappa shape index (κ3) is 5.99. The van der Waals surface area contributed by atoms with Crippen LogP contribution in [-0.2, 0) is 20.7 Å². The Morgan fingerprint density at radius 2 is 2.15 bits per heavy atom. The average molecular weight is 278 g/mol. The van der Waals surface area contributed by atoms with Gasteiger partial charge < -0.3 is 14.8 Å². The second-order valence-corrected chi connectivity index (χ2v) is 3.96. The van der Waals surface area contributed by atoms with Gasteiger partial charge in [0.2, 0.25) is 5.91 Å². The number of methoxy groups -OCH3 is 2. The molecule has 1 amide bonds. The first-order chi connectivity index (χ1) is 9.65. The SMILES string of the molecule is COC(=O)/C=C/CNC(=O)CCc1cncc(OC)c1. The molecule has 6 nitrogen and oxygen atoms in total. The number of pyridine rings is 1. The van der Waals surface area contributed by atoms with Gasteiger partial charge >= 0.3 is 5.97 Å². The van der Waals surface area contributed by atoms with Gasteiger partial charge in [-0.2, -0.15) is 0 Å². The summed E-state index contributed by atoms with van der Waals surface area (Å²) in [5, 5.41) is 2.68. The molecule has 1 rings (SSSR count). The first-order valence-corrected chi connectivity index (χ1v) is 6.15. The van der Waals surface area contributed by atoms with Crippen molar-refractivity contribution in [3.8, 4) is 5.75 Å². The van der Waals surface area contributed by atoms with Crippen LogP contribution in [0.25, 0.3) is 0 Å². The van der Waals surface area contributed by atoms with Crippen molar-refractivity contribution in [1.29, 1.82) is 0 Å². The molecule has 0 saturated carbocycles. The van der Waals surface area contributed by atoms with Crippen LogP contribution in [0.2, 0.25) is 0 Å². The van der Waals surface area contributed by atoms with Gasteiger partial charge in [0.25, 0.3) is 0 Å². The van der Waals surface area contributed by atoms with Crippen molar-refractivity contribution in [2.24, 2.45) is 0 Å². The minimum atomic E-state index is -0.443. The molecule has 1 N–H and O–H groups in total. The molecule has 20 heavy (non-hydrogen) atoms. The predicted molar refractivity (Wildman–Crippen MR) is 73.3 cm³/mol. The lowest BCUT2D eigenvalue weighted by Crippen LogP contribution is -2.23. The Hall–Kier alpha value is -2.37. The Morgan fingerprint density at radius 3 is 2.85 bits per heavy atom. The minimum absolute atomic E-state index is 0.0951. The summed E-state index contributed by atoms with van der Waals surface area (Å²) in [5.41, 5.74) is 0.935. The number of esters is 1. The van der Waals surface area contributed by atoms with E-state index in [-0.39, 0.29) is 5.91 Å². The molecule has 1 heterocycles. The van der Waals surface area contributed by atoms with E-state index in [2.05, 4.69) is 15.0 Å². The van der Waals surface area contributed by atoms with Gasteiger partial charge in [-0.15, -0.1) is 0 Å². The first-order valence-electron chi connectivity index (χ1n) is 6.15. The van der Waals surface area contributed by atoms with Crippen LogP contribution in [0.1, 0.15) is 12.0 Å². The molecule has 0 radical (unpaired) electrons. The Morgan fingerprint density at radius 1 is 1.35 bits per heavy atom. The van der Waals surface area contributed by atoms with E-state index in [0.29, 0.717) is 25.1 Å². The zero-order chi connectivity index (χ0) is 14.8. The lowest BCUT2D eigenvalue weighted by atomic mass is 10.1. The molecule has 0 atom stereocenters. The molecule has 1 aromatic heterocycles. The largest absolute Gasteiger partial charge is 0.495 e. The molecule has 0 unspecified atom stereocenters. The summed E-state index contributed by atoms with van der Waals surface area (Å²) in [5.74, 6) is 0.132. The van der Waals surface area contributed by atoms with E-state index in [4.69, 9.17) is 4.74 Å². The van der Waals surface area contributed by atoms with E-state index in [9.17, 15) is 9.59 Å². The Kier molecular flexibility index (Phi) is 6.81. The summed E-state index contributed by atoms with van der Waals surface area (Å²) in [6.45, 7) is 0.296. The Balaban J connectivity index is 2.29. The highest BCUT2D eigenvalue weighted by molar-refractivity contribution is 5.82. The molecule has 0 bridgehead atoms. The summed E-state index contributed by atoms with van der Waals surface area (Å²) in [6.07, 6.45) is 7.05. The van der Waals surface area contributed by atoms with Crippen LogP contribution in [0, 0.1) is 0 Å². The van der Waals surface area contributed by atoms with Crippen LogP contribution in [0.4, 0.5) is 0 Å². The van der Waals surface area contributed by atoms with Crippen molar-refractivity contribution >= 4 is 11.9 Å². The fourth-order valence-electron chi connectivity index (χ4n) is 1.45. The first kappa shape index (κ1) is 15.7. The maximum absolute atomic E-state index is 11.6. The number of ether oxygens (including phenoxy) is 2. The standard InChI is InChI=1S/C14H18N2O4/c1-19-12-8-11(9-15-10-12)5-6-13(17)16-7-3-4-14(18)20-2/h3-4,8-10H,5-7H2,1-2H3,(H,16,17)/b4-3+. The summed E-state index contributed by atoms with van der Waals surface area (Å²) in [7, 11) is 2.87. The van der Waals surface area contributed by atoms with Crippen molar-refractivity contribution in [3.63, 3.8) is 0 Å². The van der Waals surface area contributed by atoms with Crippen LogP contribution in [0.3, 0.4) is 0 Å². The van der Waals surface area contributed by atoms with Crippen molar-refractivity contribution in [1.82, 2.24) is 10.3 Å². The highest BCUT2D eigenvalue weighted by atomic mass is 16.5. The summed E-state index contributed by atoms with van der Waals surface area (Å²) < 4.78 is 9.49. The molecule has 0 saturated heterocycles. The Bertz CT molecular complexity index is 486. The number of amides is 1. The van der Waals surface area contributed by atoms with Gasteiger partial charge in [-0.3, -0.25) is 9.78 Å². The highest BCUT2D eigenvalue weighted by Gasteiger charge is 2.02. The number of aryl methyl sites for hydroxylation is 1. The van der Waals surface area contributed by atoms with Gasteiger partial charge in [-0.1, -0.05) is 6.08 Å². The van der Waals surface area contributed by atoms with E-state index in [1.54, 1.807) is 19.5 Å². The lowest BCUT2D eigenvalue weighted by Gasteiger charge is -2.04. The molecule has 0 aliphatic rings. The molecular formula is C14H18N2O4. The van der Waals surface area contributed by atoms with Crippen LogP contribution >= 0.6 is 0 Å². The number of nitrogens with one attached hydrogen (secondary N) is 1. The van der Waals surface area contributed by atoms with Gasteiger partial charge in [0.1, 0.15) is 5.75 Å². The minimum Gasteiger partial charge on any atom is -0.495 e.